The Kier molecular flexibility index (Phi) is 4.87. The molecular formula is C24H26O5S. The van der Waals surface area contributed by atoms with Gasteiger partial charge >= 0.3 is 0 Å². The van der Waals surface area contributed by atoms with E-state index in [1.54, 1.807) is 17.4 Å². The molecule has 0 spiro atoms. The van der Waals surface area contributed by atoms with Gasteiger partial charge in [-0.25, -0.2) is 0 Å². The molecular weight excluding hydrogens is 400 g/mol. The van der Waals surface area contributed by atoms with E-state index in [4.69, 9.17) is 4.74 Å². The van der Waals surface area contributed by atoms with Crippen LogP contribution in [0.5, 0.6) is 5.75 Å². The van der Waals surface area contributed by atoms with E-state index in [0.29, 0.717) is 5.56 Å². The normalized spacial score (nSPS) is 28.0. The van der Waals surface area contributed by atoms with Crippen LogP contribution in [0.15, 0.2) is 42.5 Å². The summed E-state index contributed by atoms with van der Waals surface area (Å²) >= 11 is 1.80. The topological polar surface area (TPSA) is 90.2 Å². The molecule has 6 heteroatoms. The van der Waals surface area contributed by atoms with Crippen LogP contribution in [0, 0.1) is 6.92 Å². The van der Waals surface area contributed by atoms with E-state index < -0.39 is 24.4 Å². The van der Waals surface area contributed by atoms with Crippen LogP contribution in [-0.4, -0.2) is 45.3 Å². The van der Waals surface area contributed by atoms with Gasteiger partial charge in [-0.15, -0.1) is 11.3 Å². The lowest BCUT2D eigenvalue weighted by molar-refractivity contribution is -0.180. The Morgan fingerprint density at radius 2 is 1.90 bits per heavy atom. The Balaban J connectivity index is 1.58. The number of aliphatic hydroxyl groups is 3. The highest BCUT2D eigenvalue weighted by molar-refractivity contribution is 7.19. The van der Waals surface area contributed by atoms with Crippen LogP contribution in [0.3, 0.4) is 0 Å². The van der Waals surface area contributed by atoms with E-state index in [1.807, 2.05) is 19.1 Å². The Labute approximate surface area is 179 Å². The largest absolute Gasteiger partial charge is 0.508 e. The van der Waals surface area contributed by atoms with Crippen molar-refractivity contribution in [2.75, 3.05) is 6.61 Å². The van der Waals surface area contributed by atoms with Crippen LogP contribution >= 0.6 is 11.3 Å². The number of hydrogen-bond donors (Lipinski definition) is 4. The van der Waals surface area contributed by atoms with Crippen molar-refractivity contribution in [2.45, 2.75) is 56.0 Å². The minimum Gasteiger partial charge on any atom is -0.508 e. The van der Waals surface area contributed by atoms with Crippen molar-refractivity contribution < 1.29 is 25.2 Å². The standard InChI is InChI=1S/C24H26O5S/c1-13-8-18(26)16(23-22(28)19(27)10-15(12-25)29-23)11-17(13)24(6-7-24)21-9-14-4-2-3-5-20(14)30-21/h2-5,8-9,11,15,19,22-23,25-28H,6-7,10,12H2,1H3. The highest BCUT2D eigenvalue weighted by Gasteiger charge is 2.49. The van der Waals surface area contributed by atoms with Gasteiger partial charge in [-0.3, -0.25) is 0 Å². The van der Waals surface area contributed by atoms with E-state index in [0.717, 1.165) is 24.0 Å². The number of thiophene rings is 1. The van der Waals surface area contributed by atoms with Gasteiger partial charge in [-0.05, 0) is 60.5 Å². The minimum absolute atomic E-state index is 0.0400. The van der Waals surface area contributed by atoms with Gasteiger partial charge in [-0.2, -0.15) is 0 Å². The van der Waals surface area contributed by atoms with Crippen molar-refractivity contribution in [2.24, 2.45) is 0 Å². The van der Waals surface area contributed by atoms with Crippen molar-refractivity contribution in [3.8, 4) is 5.75 Å². The number of phenols is 1. The average Bonchev–Trinajstić information content (AvgIpc) is 3.41. The maximum Gasteiger partial charge on any atom is 0.121 e. The lowest BCUT2D eigenvalue weighted by atomic mass is 9.85. The summed E-state index contributed by atoms with van der Waals surface area (Å²) in [5, 5.41) is 42.2. The fourth-order valence-corrected chi connectivity index (χ4v) is 6.10. The summed E-state index contributed by atoms with van der Waals surface area (Å²) < 4.78 is 7.11. The van der Waals surface area contributed by atoms with Crippen LogP contribution in [-0.2, 0) is 10.2 Å². The molecule has 1 saturated carbocycles. The maximum atomic E-state index is 10.7. The van der Waals surface area contributed by atoms with Gasteiger partial charge in [0.25, 0.3) is 0 Å². The number of hydrogen-bond acceptors (Lipinski definition) is 6. The second-order valence-electron chi connectivity index (χ2n) is 8.61. The number of aromatic hydroxyl groups is 1. The molecule has 1 aromatic heterocycles. The van der Waals surface area contributed by atoms with Crippen molar-refractivity contribution in [1.82, 2.24) is 0 Å². The van der Waals surface area contributed by atoms with Crippen LogP contribution < -0.4 is 0 Å². The summed E-state index contributed by atoms with van der Waals surface area (Å²) in [4.78, 5) is 1.31. The Bertz CT molecular complexity index is 1050. The monoisotopic (exact) mass is 426 g/mol. The fourth-order valence-electron chi connectivity index (χ4n) is 4.77. The van der Waals surface area contributed by atoms with E-state index >= 15 is 0 Å². The van der Waals surface area contributed by atoms with Gasteiger partial charge in [-0.1, -0.05) is 18.2 Å². The number of aliphatic hydroxyl groups excluding tert-OH is 3. The maximum absolute atomic E-state index is 10.7. The molecule has 2 heterocycles. The lowest BCUT2D eigenvalue weighted by Gasteiger charge is -2.37. The zero-order chi connectivity index (χ0) is 21.0. The smallest absolute Gasteiger partial charge is 0.121 e. The predicted octanol–water partition coefficient (Wildman–Crippen LogP) is 3.54. The molecule has 0 amide bonds. The van der Waals surface area contributed by atoms with Gasteiger partial charge in [0, 0.05) is 27.0 Å². The van der Waals surface area contributed by atoms with Gasteiger partial charge in [0.2, 0.25) is 0 Å². The first-order valence-electron chi connectivity index (χ1n) is 10.4. The number of benzene rings is 2. The quantitative estimate of drug-likeness (QED) is 0.512. The van der Waals surface area contributed by atoms with Crippen LogP contribution in [0.2, 0.25) is 0 Å². The Morgan fingerprint density at radius 1 is 1.13 bits per heavy atom. The number of ether oxygens (including phenoxy) is 1. The van der Waals surface area contributed by atoms with Gasteiger partial charge in [0.1, 0.15) is 18.0 Å². The van der Waals surface area contributed by atoms with Crippen molar-refractivity contribution in [3.05, 3.63) is 64.0 Å². The lowest BCUT2D eigenvalue weighted by Crippen LogP contribution is -2.44. The van der Waals surface area contributed by atoms with Gasteiger partial charge in [0.05, 0.1) is 18.8 Å². The van der Waals surface area contributed by atoms with Crippen LogP contribution in [0.4, 0.5) is 0 Å². The first-order chi connectivity index (χ1) is 14.4. The van der Waals surface area contributed by atoms with Gasteiger partial charge in [0.15, 0.2) is 0 Å². The SMILES string of the molecule is Cc1cc(O)c(C2OC(CO)CC(O)C2O)cc1C1(c2cc3ccccc3s2)CC1. The Morgan fingerprint density at radius 3 is 2.60 bits per heavy atom. The zero-order valence-corrected chi connectivity index (χ0v) is 17.6. The van der Waals surface area contributed by atoms with Crippen molar-refractivity contribution in [3.63, 3.8) is 0 Å². The van der Waals surface area contributed by atoms with Gasteiger partial charge < -0.3 is 25.2 Å². The molecule has 4 atom stereocenters. The van der Waals surface area contributed by atoms with E-state index in [-0.39, 0.29) is 24.2 Å². The highest BCUT2D eigenvalue weighted by atomic mass is 32.1. The number of aryl methyl sites for hydroxylation is 1. The molecule has 158 valence electrons. The summed E-state index contributed by atoms with van der Waals surface area (Å²) in [6.07, 6.45) is -1.41. The summed E-state index contributed by atoms with van der Waals surface area (Å²) in [5.41, 5.74) is 2.49. The number of rotatable bonds is 4. The highest BCUT2D eigenvalue weighted by Crippen LogP contribution is 2.58. The zero-order valence-electron chi connectivity index (χ0n) is 16.8. The summed E-state index contributed by atoms with van der Waals surface area (Å²) in [6, 6.07) is 14.3. The molecule has 3 aromatic rings. The second-order valence-corrected chi connectivity index (χ2v) is 9.70. The molecule has 5 nitrogen and oxygen atoms in total. The molecule has 4 N–H and O–H groups in total. The summed E-state index contributed by atoms with van der Waals surface area (Å²) in [6.45, 7) is 1.75. The molecule has 5 rings (SSSR count). The van der Waals surface area contributed by atoms with Crippen LogP contribution in [0.25, 0.3) is 10.1 Å². The third kappa shape index (κ3) is 3.15. The predicted molar refractivity (Wildman–Crippen MR) is 116 cm³/mol. The molecule has 1 saturated heterocycles. The van der Waals surface area contributed by atoms with Crippen LogP contribution in [0.1, 0.15) is 46.9 Å². The summed E-state index contributed by atoms with van der Waals surface area (Å²) in [5.74, 6) is 0.0400. The Hall–Kier alpha value is -1.96. The molecule has 2 aromatic carbocycles. The van der Waals surface area contributed by atoms with Crippen molar-refractivity contribution >= 4 is 21.4 Å². The first-order valence-corrected chi connectivity index (χ1v) is 11.2. The third-order valence-electron chi connectivity index (χ3n) is 6.59. The first kappa shape index (κ1) is 20.0. The summed E-state index contributed by atoms with van der Waals surface area (Å²) in [7, 11) is 0. The molecule has 2 fully saturated rings. The molecule has 0 bridgehead atoms. The number of fused-ring (bicyclic) bond motifs is 1. The second kappa shape index (κ2) is 7.32. The molecule has 1 aliphatic heterocycles. The third-order valence-corrected chi connectivity index (χ3v) is 7.91. The fraction of sp³-hybridized carbons (Fsp3) is 0.417. The molecule has 0 radical (unpaired) electrons. The molecule has 30 heavy (non-hydrogen) atoms. The minimum atomic E-state index is -1.16. The number of phenolic OH excluding ortho intramolecular Hbond substituents is 1. The molecule has 4 unspecified atom stereocenters. The van der Waals surface area contributed by atoms with E-state index in [1.165, 1.54) is 15.0 Å². The average molecular weight is 427 g/mol. The van der Waals surface area contributed by atoms with E-state index in [9.17, 15) is 20.4 Å². The van der Waals surface area contributed by atoms with Crippen molar-refractivity contribution in [1.29, 1.82) is 0 Å². The molecule has 1 aliphatic carbocycles. The molecule has 2 aliphatic rings. The van der Waals surface area contributed by atoms with E-state index in [2.05, 4.69) is 24.3 Å².